The molecule has 1 aromatic carbocycles. The number of benzene rings is 1. The molecule has 0 bridgehead atoms. The summed E-state index contributed by atoms with van der Waals surface area (Å²) in [4.78, 5) is 0. The summed E-state index contributed by atoms with van der Waals surface area (Å²) in [5.74, 6) is 3.06. The minimum atomic E-state index is 0.347. The van der Waals surface area contributed by atoms with Gasteiger partial charge >= 0.3 is 0 Å². The summed E-state index contributed by atoms with van der Waals surface area (Å²) in [5.41, 5.74) is 1.27. The fraction of sp³-hybridized carbons (Fsp3) is 0.600. The van der Waals surface area contributed by atoms with E-state index in [-0.39, 0.29) is 0 Å². The SMILES string of the molecule is CC(NCC1CCCCS1)c1ccc2c(c1)OCO2. The molecule has 2 unspecified atom stereocenters. The molecule has 3 nitrogen and oxygen atoms in total. The Kier molecular flexibility index (Phi) is 4.18. The zero-order chi connectivity index (χ0) is 13.1. The van der Waals surface area contributed by atoms with Crippen molar-refractivity contribution >= 4 is 11.8 Å². The molecule has 0 radical (unpaired) electrons. The molecular formula is C15H21NO2S. The number of thioether (sulfide) groups is 1. The number of hydrogen-bond acceptors (Lipinski definition) is 4. The maximum absolute atomic E-state index is 5.43. The lowest BCUT2D eigenvalue weighted by atomic mass is 10.1. The van der Waals surface area contributed by atoms with Gasteiger partial charge in [-0.1, -0.05) is 12.5 Å². The largest absolute Gasteiger partial charge is 0.454 e. The lowest BCUT2D eigenvalue weighted by molar-refractivity contribution is 0.174. The van der Waals surface area contributed by atoms with Crippen molar-refractivity contribution in [1.29, 1.82) is 0 Å². The highest BCUT2D eigenvalue weighted by Gasteiger charge is 2.17. The van der Waals surface area contributed by atoms with Crippen LogP contribution in [0.25, 0.3) is 0 Å². The van der Waals surface area contributed by atoms with Gasteiger partial charge in [0.05, 0.1) is 0 Å². The van der Waals surface area contributed by atoms with E-state index in [4.69, 9.17) is 9.47 Å². The van der Waals surface area contributed by atoms with Crippen molar-refractivity contribution < 1.29 is 9.47 Å². The van der Waals surface area contributed by atoms with Crippen LogP contribution in [-0.4, -0.2) is 24.3 Å². The number of ether oxygens (including phenoxy) is 2. The van der Waals surface area contributed by atoms with E-state index in [0.717, 1.165) is 23.3 Å². The lowest BCUT2D eigenvalue weighted by Crippen LogP contribution is -2.28. The smallest absolute Gasteiger partial charge is 0.231 e. The minimum Gasteiger partial charge on any atom is -0.454 e. The van der Waals surface area contributed by atoms with Crippen LogP contribution in [0.1, 0.15) is 37.8 Å². The van der Waals surface area contributed by atoms with Crippen molar-refractivity contribution in [3.63, 3.8) is 0 Å². The first kappa shape index (κ1) is 13.1. The molecule has 2 atom stereocenters. The molecule has 3 rings (SSSR count). The second kappa shape index (κ2) is 6.06. The van der Waals surface area contributed by atoms with Crippen LogP contribution in [0.2, 0.25) is 0 Å². The summed E-state index contributed by atoms with van der Waals surface area (Å²) in [6, 6.07) is 6.58. The molecule has 1 fully saturated rings. The summed E-state index contributed by atoms with van der Waals surface area (Å²) >= 11 is 2.11. The molecular weight excluding hydrogens is 258 g/mol. The first-order chi connectivity index (χ1) is 9.33. The lowest BCUT2D eigenvalue weighted by Gasteiger charge is -2.24. The van der Waals surface area contributed by atoms with Gasteiger partial charge in [0.1, 0.15) is 0 Å². The van der Waals surface area contributed by atoms with E-state index >= 15 is 0 Å². The van der Waals surface area contributed by atoms with Crippen molar-refractivity contribution in [2.24, 2.45) is 0 Å². The zero-order valence-corrected chi connectivity index (χ0v) is 12.2. The van der Waals surface area contributed by atoms with E-state index in [2.05, 4.69) is 36.1 Å². The van der Waals surface area contributed by atoms with Gasteiger partial charge in [0.15, 0.2) is 11.5 Å². The fourth-order valence-corrected chi connectivity index (χ4v) is 3.83. The van der Waals surface area contributed by atoms with Gasteiger partial charge < -0.3 is 14.8 Å². The predicted octanol–water partition coefficient (Wildman–Crippen LogP) is 3.35. The monoisotopic (exact) mass is 279 g/mol. The molecule has 0 aromatic heterocycles. The van der Waals surface area contributed by atoms with Crippen LogP contribution < -0.4 is 14.8 Å². The number of nitrogens with one attached hydrogen (secondary N) is 1. The van der Waals surface area contributed by atoms with Crippen molar-refractivity contribution in [3.8, 4) is 11.5 Å². The second-order valence-corrected chi connectivity index (χ2v) is 6.64. The van der Waals surface area contributed by atoms with E-state index in [1.54, 1.807) is 0 Å². The maximum Gasteiger partial charge on any atom is 0.231 e. The molecule has 0 aliphatic carbocycles. The topological polar surface area (TPSA) is 30.5 Å². The molecule has 0 spiro atoms. The molecule has 0 amide bonds. The van der Waals surface area contributed by atoms with Crippen LogP contribution in [0, 0.1) is 0 Å². The first-order valence-corrected chi connectivity index (χ1v) is 8.12. The third-order valence-electron chi connectivity index (χ3n) is 3.82. The van der Waals surface area contributed by atoms with Crippen molar-refractivity contribution in [2.75, 3.05) is 19.1 Å². The Morgan fingerprint density at radius 2 is 2.21 bits per heavy atom. The van der Waals surface area contributed by atoms with Crippen LogP contribution in [0.15, 0.2) is 18.2 Å². The minimum absolute atomic E-state index is 0.347. The summed E-state index contributed by atoms with van der Waals surface area (Å²) in [6.07, 6.45) is 4.13. The highest BCUT2D eigenvalue weighted by Crippen LogP contribution is 2.34. The number of fused-ring (bicyclic) bond motifs is 1. The fourth-order valence-electron chi connectivity index (χ4n) is 2.58. The predicted molar refractivity (Wildman–Crippen MR) is 79.1 cm³/mol. The molecule has 2 aliphatic rings. The average Bonchev–Trinajstić information content (AvgIpc) is 2.93. The van der Waals surface area contributed by atoms with E-state index in [1.807, 2.05) is 6.07 Å². The molecule has 0 saturated carbocycles. The maximum atomic E-state index is 5.43. The van der Waals surface area contributed by atoms with Gasteiger partial charge in [-0.2, -0.15) is 11.8 Å². The van der Waals surface area contributed by atoms with E-state index in [9.17, 15) is 0 Å². The summed E-state index contributed by atoms with van der Waals surface area (Å²) in [7, 11) is 0. The van der Waals surface area contributed by atoms with E-state index in [1.165, 1.54) is 30.6 Å². The van der Waals surface area contributed by atoms with Crippen LogP contribution in [0.3, 0.4) is 0 Å². The normalized spacial score (nSPS) is 23.3. The quantitative estimate of drug-likeness (QED) is 0.915. The Bertz CT molecular complexity index is 432. The van der Waals surface area contributed by atoms with Crippen LogP contribution in [0.5, 0.6) is 11.5 Å². The van der Waals surface area contributed by atoms with Gasteiger partial charge in [-0.05, 0) is 43.2 Å². The van der Waals surface area contributed by atoms with Gasteiger partial charge in [0, 0.05) is 17.8 Å². The molecule has 104 valence electrons. The molecule has 1 aromatic rings. The van der Waals surface area contributed by atoms with Crippen LogP contribution in [0.4, 0.5) is 0 Å². The highest BCUT2D eigenvalue weighted by atomic mass is 32.2. The standard InChI is InChI=1S/C15H21NO2S/c1-11(16-9-13-4-2-3-7-19-13)12-5-6-14-15(8-12)18-10-17-14/h5-6,8,11,13,16H,2-4,7,9-10H2,1H3. The first-order valence-electron chi connectivity index (χ1n) is 7.07. The third-order valence-corrected chi connectivity index (χ3v) is 5.22. The Hall–Kier alpha value is -0.870. The summed E-state index contributed by atoms with van der Waals surface area (Å²) in [5, 5.41) is 4.43. The number of rotatable bonds is 4. The zero-order valence-electron chi connectivity index (χ0n) is 11.4. The van der Waals surface area contributed by atoms with Gasteiger partial charge in [-0.25, -0.2) is 0 Å². The van der Waals surface area contributed by atoms with Crippen LogP contribution >= 0.6 is 11.8 Å². The van der Waals surface area contributed by atoms with Gasteiger partial charge in [-0.15, -0.1) is 0 Å². The summed E-state index contributed by atoms with van der Waals surface area (Å²) in [6.45, 7) is 3.66. The Labute approximate surface area is 119 Å². The molecule has 2 heterocycles. The van der Waals surface area contributed by atoms with Crippen molar-refractivity contribution in [1.82, 2.24) is 5.32 Å². The van der Waals surface area contributed by atoms with Gasteiger partial charge in [0.25, 0.3) is 0 Å². The molecule has 1 saturated heterocycles. The second-order valence-electron chi connectivity index (χ2n) is 5.23. The Balaban J connectivity index is 1.56. The molecule has 1 N–H and O–H groups in total. The van der Waals surface area contributed by atoms with Gasteiger partial charge in [0.2, 0.25) is 6.79 Å². The van der Waals surface area contributed by atoms with Crippen molar-refractivity contribution in [3.05, 3.63) is 23.8 Å². The third kappa shape index (κ3) is 3.18. The van der Waals surface area contributed by atoms with E-state index in [0.29, 0.717) is 12.8 Å². The Morgan fingerprint density at radius 3 is 3.05 bits per heavy atom. The summed E-state index contributed by atoms with van der Waals surface area (Å²) < 4.78 is 10.8. The molecule has 4 heteroatoms. The highest BCUT2D eigenvalue weighted by molar-refractivity contribution is 7.99. The Morgan fingerprint density at radius 1 is 1.32 bits per heavy atom. The van der Waals surface area contributed by atoms with Crippen LogP contribution in [-0.2, 0) is 0 Å². The molecule has 19 heavy (non-hydrogen) atoms. The van der Waals surface area contributed by atoms with E-state index < -0.39 is 0 Å². The average molecular weight is 279 g/mol. The number of hydrogen-bond donors (Lipinski definition) is 1. The van der Waals surface area contributed by atoms with Crippen molar-refractivity contribution in [2.45, 2.75) is 37.5 Å². The molecule has 2 aliphatic heterocycles. The van der Waals surface area contributed by atoms with Gasteiger partial charge in [-0.3, -0.25) is 0 Å².